The molecule has 0 radical (unpaired) electrons. The Labute approximate surface area is 128 Å². The monoisotopic (exact) mass is 323 g/mol. The smallest absolute Gasteiger partial charge is 0.251 e. The number of amides is 1. The van der Waals surface area contributed by atoms with Crippen LogP contribution in [-0.4, -0.2) is 20.6 Å². The second-order valence-corrected chi connectivity index (χ2v) is 7.06. The number of carbonyl (C=O) groups is 1. The van der Waals surface area contributed by atoms with E-state index in [1.54, 1.807) is 36.4 Å². The predicted molar refractivity (Wildman–Crippen MR) is 82.2 cm³/mol. The van der Waals surface area contributed by atoms with Crippen molar-refractivity contribution in [2.75, 3.05) is 6.26 Å². The van der Waals surface area contributed by atoms with Crippen LogP contribution in [0.5, 0.6) is 0 Å². The fourth-order valence-corrected chi connectivity index (χ4v) is 2.59. The molecular formula is C15H14ClNO3S. The van der Waals surface area contributed by atoms with E-state index in [4.69, 9.17) is 11.6 Å². The lowest BCUT2D eigenvalue weighted by Gasteiger charge is -2.06. The molecule has 0 aliphatic carbocycles. The molecule has 2 aromatic rings. The van der Waals surface area contributed by atoms with E-state index in [-0.39, 0.29) is 10.8 Å². The molecule has 0 aliphatic heterocycles. The lowest BCUT2D eigenvalue weighted by molar-refractivity contribution is 0.0951. The van der Waals surface area contributed by atoms with Crippen LogP contribution in [0.3, 0.4) is 0 Å². The summed E-state index contributed by atoms with van der Waals surface area (Å²) in [5, 5.41) is 3.25. The zero-order chi connectivity index (χ0) is 15.5. The van der Waals surface area contributed by atoms with E-state index in [9.17, 15) is 13.2 Å². The summed E-state index contributed by atoms with van der Waals surface area (Å²) in [4.78, 5) is 12.2. The topological polar surface area (TPSA) is 63.2 Å². The summed E-state index contributed by atoms with van der Waals surface area (Å²) >= 11 is 5.83. The minimum absolute atomic E-state index is 0.232. The maximum atomic E-state index is 11.9. The Balaban J connectivity index is 2.02. The summed E-state index contributed by atoms with van der Waals surface area (Å²) in [6.07, 6.45) is 1.16. The molecule has 2 rings (SSSR count). The molecule has 1 N–H and O–H groups in total. The first-order chi connectivity index (χ1) is 9.86. The van der Waals surface area contributed by atoms with Crippen LogP contribution in [0.25, 0.3) is 0 Å². The van der Waals surface area contributed by atoms with Crippen molar-refractivity contribution >= 4 is 27.3 Å². The molecule has 0 aromatic heterocycles. The number of rotatable bonds is 4. The zero-order valence-corrected chi connectivity index (χ0v) is 12.9. The van der Waals surface area contributed by atoms with Crippen LogP contribution < -0.4 is 5.32 Å². The number of carbonyl (C=O) groups excluding carboxylic acids is 1. The van der Waals surface area contributed by atoms with Crippen molar-refractivity contribution in [1.82, 2.24) is 5.32 Å². The summed E-state index contributed by atoms with van der Waals surface area (Å²) in [5.74, 6) is -0.232. The average molecular weight is 324 g/mol. The number of hydrogen-bond donors (Lipinski definition) is 1. The molecule has 0 aliphatic rings. The number of halogens is 1. The first-order valence-corrected chi connectivity index (χ1v) is 8.46. The Hall–Kier alpha value is -1.85. The third-order valence-electron chi connectivity index (χ3n) is 2.89. The second kappa shape index (κ2) is 6.28. The maximum absolute atomic E-state index is 11.9. The number of sulfone groups is 1. The van der Waals surface area contributed by atoms with Crippen molar-refractivity contribution in [3.8, 4) is 0 Å². The molecule has 0 atom stereocenters. The molecule has 6 heteroatoms. The maximum Gasteiger partial charge on any atom is 0.251 e. The van der Waals surface area contributed by atoms with E-state index in [1.165, 1.54) is 12.1 Å². The third kappa shape index (κ3) is 4.31. The zero-order valence-electron chi connectivity index (χ0n) is 11.3. The van der Waals surface area contributed by atoms with Crippen LogP contribution in [0.1, 0.15) is 15.9 Å². The minimum atomic E-state index is -3.20. The number of benzene rings is 2. The van der Waals surface area contributed by atoms with Crippen molar-refractivity contribution in [2.45, 2.75) is 11.4 Å². The highest BCUT2D eigenvalue weighted by Gasteiger charge is 2.08. The van der Waals surface area contributed by atoms with Gasteiger partial charge in [-0.1, -0.05) is 29.8 Å². The SMILES string of the molecule is CS(=O)(=O)c1ccc(CNC(=O)c2cccc(Cl)c2)cc1. The van der Waals surface area contributed by atoms with Gasteiger partial charge in [0.25, 0.3) is 5.91 Å². The van der Waals surface area contributed by atoms with Gasteiger partial charge in [-0.25, -0.2) is 8.42 Å². The van der Waals surface area contributed by atoms with Crippen LogP contribution in [0, 0.1) is 0 Å². The molecule has 0 fully saturated rings. The Morgan fingerprint density at radius 2 is 1.81 bits per heavy atom. The molecule has 0 spiro atoms. The molecular weight excluding hydrogens is 310 g/mol. The lowest BCUT2D eigenvalue weighted by Crippen LogP contribution is -2.22. The fourth-order valence-electron chi connectivity index (χ4n) is 1.77. The normalized spacial score (nSPS) is 11.1. The fraction of sp³-hybridized carbons (Fsp3) is 0.133. The first-order valence-electron chi connectivity index (χ1n) is 6.19. The molecule has 0 saturated heterocycles. The van der Waals surface area contributed by atoms with E-state index in [0.717, 1.165) is 11.8 Å². The van der Waals surface area contributed by atoms with Gasteiger partial charge < -0.3 is 5.32 Å². The minimum Gasteiger partial charge on any atom is -0.348 e. The molecule has 110 valence electrons. The van der Waals surface area contributed by atoms with Crippen molar-refractivity contribution in [3.05, 3.63) is 64.7 Å². The molecule has 0 unspecified atom stereocenters. The van der Waals surface area contributed by atoms with Gasteiger partial charge in [-0.05, 0) is 35.9 Å². The van der Waals surface area contributed by atoms with Gasteiger partial charge in [0.1, 0.15) is 0 Å². The largest absolute Gasteiger partial charge is 0.348 e. The number of hydrogen-bond acceptors (Lipinski definition) is 3. The molecule has 0 bridgehead atoms. The second-order valence-electron chi connectivity index (χ2n) is 4.61. The van der Waals surface area contributed by atoms with Gasteiger partial charge in [0.05, 0.1) is 4.90 Å². The van der Waals surface area contributed by atoms with E-state index < -0.39 is 9.84 Å². The molecule has 0 heterocycles. The summed E-state index contributed by atoms with van der Waals surface area (Å²) < 4.78 is 22.7. The molecule has 4 nitrogen and oxygen atoms in total. The van der Waals surface area contributed by atoms with Crippen LogP contribution in [0.15, 0.2) is 53.4 Å². The highest BCUT2D eigenvalue weighted by atomic mass is 35.5. The quantitative estimate of drug-likeness (QED) is 0.941. The van der Waals surface area contributed by atoms with Gasteiger partial charge in [-0.3, -0.25) is 4.79 Å². The van der Waals surface area contributed by atoms with Crippen molar-refractivity contribution in [3.63, 3.8) is 0 Å². The first kappa shape index (κ1) is 15.5. The van der Waals surface area contributed by atoms with Crippen molar-refractivity contribution in [2.24, 2.45) is 0 Å². The summed E-state index contributed by atoms with van der Waals surface area (Å²) in [7, 11) is -3.20. The van der Waals surface area contributed by atoms with E-state index >= 15 is 0 Å². The summed E-state index contributed by atoms with van der Waals surface area (Å²) in [6.45, 7) is 0.315. The van der Waals surface area contributed by atoms with Crippen LogP contribution in [-0.2, 0) is 16.4 Å². The van der Waals surface area contributed by atoms with Crippen LogP contribution in [0.4, 0.5) is 0 Å². The highest BCUT2D eigenvalue weighted by Crippen LogP contribution is 2.12. The predicted octanol–water partition coefficient (Wildman–Crippen LogP) is 2.67. The van der Waals surface area contributed by atoms with Gasteiger partial charge in [0, 0.05) is 23.4 Å². The Bertz CT molecular complexity index is 755. The molecule has 0 saturated carbocycles. The number of nitrogens with one attached hydrogen (secondary N) is 1. The summed E-state index contributed by atoms with van der Waals surface area (Å²) in [5.41, 5.74) is 1.30. The Morgan fingerprint density at radius 3 is 2.38 bits per heavy atom. The summed E-state index contributed by atoms with van der Waals surface area (Å²) in [6, 6.07) is 13.1. The van der Waals surface area contributed by atoms with Gasteiger partial charge in [0.15, 0.2) is 9.84 Å². The molecule has 2 aromatic carbocycles. The third-order valence-corrected chi connectivity index (χ3v) is 4.25. The van der Waals surface area contributed by atoms with E-state index in [0.29, 0.717) is 17.1 Å². The van der Waals surface area contributed by atoms with Crippen molar-refractivity contribution in [1.29, 1.82) is 0 Å². The highest BCUT2D eigenvalue weighted by molar-refractivity contribution is 7.90. The average Bonchev–Trinajstić information content (AvgIpc) is 2.44. The molecule has 1 amide bonds. The Kier molecular flexibility index (Phi) is 4.65. The lowest BCUT2D eigenvalue weighted by atomic mass is 10.2. The van der Waals surface area contributed by atoms with Gasteiger partial charge >= 0.3 is 0 Å². The van der Waals surface area contributed by atoms with Crippen LogP contribution in [0.2, 0.25) is 5.02 Å². The van der Waals surface area contributed by atoms with Gasteiger partial charge in [-0.15, -0.1) is 0 Å². The van der Waals surface area contributed by atoms with Gasteiger partial charge in [-0.2, -0.15) is 0 Å². The molecule has 21 heavy (non-hydrogen) atoms. The van der Waals surface area contributed by atoms with Crippen LogP contribution >= 0.6 is 11.6 Å². The Morgan fingerprint density at radius 1 is 1.14 bits per heavy atom. The van der Waals surface area contributed by atoms with Gasteiger partial charge in [0.2, 0.25) is 0 Å². The standard InChI is InChI=1S/C15H14ClNO3S/c1-21(19,20)14-7-5-11(6-8-14)10-17-15(18)12-3-2-4-13(16)9-12/h2-9H,10H2,1H3,(H,17,18). The van der Waals surface area contributed by atoms with E-state index in [2.05, 4.69) is 5.32 Å². The van der Waals surface area contributed by atoms with Crippen molar-refractivity contribution < 1.29 is 13.2 Å². The van der Waals surface area contributed by atoms with E-state index in [1.807, 2.05) is 0 Å².